The number of aliphatic hydroxyl groups excluding tert-OH is 1. The molecule has 2 amide bonds. The predicted molar refractivity (Wildman–Crippen MR) is 111 cm³/mol. The largest absolute Gasteiger partial charge is 0.394 e. The lowest BCUT2D eigenvalue weighted by atomic mass is 9.96. The smallest absolute Gasteiger partial charge is 0.223 e. The van der Waals surface area contributed by atoms with Crippen molar-refractivity contribution in [2.75, 3.05) is 32.8 Å². The van der Waals surface area contributed by atoms with E-state index in [1.807, 2.05) is 0 Å². The molecule has 0 aromatic carbocycles. The van der Waals surface area contributed by atoms with Gasteiger partial charge in [-0.2, -0.15) is 0 Å². The number of piperidine rings is 1. The number of hydrogen-bond acceptors (Lipinski definition) is 5. The molecule has 0 spiro atoms. The van der Waals surface area contributed by atoms with Crippen LogP contribution in [-0.2, 0) is 14.3 Å². The number of rotatable bonds is 9. The van der Waals surface area contributed by atoms with Gasteiger partial charge in [0.2, 0.25) is 11.8 Å². The first-order valence-electron chi connectivity index (χ1n) is 11.7. The van der Waals surface area contributed by atoms with Crippen LogP contribution in [0, 0.1) is 5.92 Å². The molecule has 29 heavy (non-hydrogen) atoms. The van der Waals surface area contributed by atoms with E-state index < -0.39 is 0 Å². The van der Waals surface area contributed by atoms with Gasteiger partial charge in [0.05, 0.1) is 18.8 Å². The van der Waals surface area contributed by atoms with Gasteiger partial charge in [-0.15, -0.1) is 0 Å². The van der Waals surface area contributed by atoms with Crippen molar-refractivity contribution in [3.05, 3.63) is 0 Å². The first kappa shape index (κ1) is 22.5. The summed E-state index contributed by atoms with van der Waals surface area (Å²) in [5.74, 6) is 0.355. The van der Waals surface area contributed by atoms with Gasteiger partial charge in [-0.25, -0.2) is 0 Å². The number of hydrogen-bond donors (Lipinski definition) is 3. The van der Waals surface area contributed by atoms with Gasteiger partial charge < -0.3 is 25.4 Å². The van der Waals surface area contributed by atoms with Crippen LogP contribution in [-0.4, -0.2) is 72.9 Å². The Bertz CT molecular complexity index is 518. The van der Waals surface area contributed by atoms with Crippen molar-refractivity contribution in [2.45, 2.75) is 88.9 Å². The summed E-state index contributed by atoms with van der Waals surface area (Å²) in [5.41, 5.74) is 0. The zero-order valence-corrected chi connectivity index (χ0v) is 17.7. The maximum absolute atomic E-state index is 12.4. The van der Waals surface area contributed by atoms with Crippen molar-refractivity contribution in [3.63, 3.8) is 0 Å². The Hall–Kier alpha value is -1.18. The normalized spacial score (nSPS) is 28.9. The average Bonchev–Trinajstić information content (AvgIpc) is 3.29. The minimum Gasteiger partial charge on any atom is -0.394 e. The summed E-state index contributed by atoms with van der Waals surface area (Å²) in [7, 11) is 0. The van der Waals surface area contributed by atoms with Crippen LogP contribution in [0.25, 0.3) is 0 Å². The number of amides is 2. The van der Waals surface area contributed by atoms with E-state index in [9.17, 15) is 14.7 Å². The molecule has 2 saturated heterocycles. The Morgan fingerprint density at radius 3 is 2.48 bits per heavy atom. The summed E-state index contributed by atoms with van der Waals surface area (Å²) >= 11 is 0. The topological polar surface area (TPSA) is 90.9 Å². The van der Waals surface area contributed by atoms with Crippen LogP contribution in [0.4, 0.5) is 0 Å². The van der Waals surface area contributed by atoms with Gasteiger partial charge in [0.1, 0.15) is 6.10 Å². The van der Waals surface area contributed by atoms with Crippen molar-refractivity contribution in [2.24, 2.45) is 5.92 Å². The summed E-state index contributed by atoms with van der Waals surface area (Å²) < 4.78 is 6.02. The van der Waals surface area contributed by atoms with E-state index in [1.165, 1.54) is 19.3 Å². The molecule has 2 heterocycles. The highest BCUT2D eigenvalue weighted by molar-refractivity contribution is 5.79. The molecule has 0 radical (unpaired) electrons. The predicted octanol–water partition coefficient (Wildman–Crippen LogP) is 1.58. The number of nitrogens with zero attached hydrogens (tertiary/aromatic N) is 1. The van der Waals surface area contributed by atoms with E-state index in [2.05, 4.69) is 15.5 Å². The summed E-state index contributed by atoms with van der Waals surface area (Å²) in [6.45, 7) is 3.59. The van der Waals surface area contributed by atoms with Gasteiger partial charge in [0.15, 0.2) is 0 Å². The summed E-state index contributed by atoms with van der Waals surface area (Å²) in [6.07, 6.45) is 10.6. The number of likely N-dealkylation sites (tertiary alicyclic amines) is 1. The van der Waals surface area contributed by atoms with E-state index in [1.54, 1.807) is 0 Å². The highest BCUT2D eigenvalue weighted by atomic mass is 16.5. The van der Waals surface area contributed by atoms with Crippen molar-refractivity contribution in [3.8, 4) is 0 Å². The Kier molecular flexibility index (Phi) is 9.21. The molecule has 0 aromatic heterocycles. The SMILES string of the molecule is O=C(CCN1CCCCC1)NCC[C@H]1CC[C@@H](NC(=O)C2CCCC2)[C@H](CO)O1. The maximum Gasteiger partial charge on any atom is 0.223 e. The Morgan fingerprint density at radius 1 is 1.00 bits per heavy atom. The van der Waals surface area contributed by atoms with Crippen LogP contribution < -0.4 is 10.6 Å². The Balaban J connectivity index is 1.30. The zero-order chi connectivity index (χ0) is 20.5. The van der Waals surface area contributed by atoms with Crippen LogP contribution in [0.5, 0.6) is 0 Å². The fraction of sp³-hybridized carbons (Fsp3) is 0.909. The second kappa shape index (κ2) is 11.9. The van der Waals surface area contributed by atoms with Gasteiger partial charge in [0, 0.05) is 25.4 Å². The third kappa shape index (κ3) is 7.23. The molecule has 3 rings (SSSR count). The molecular weight excluding hydrogens is 370 g/mol. The van der Waals surface area contributed by atoms with Crippen molar-refractivity contribution in [1.29, 1.82) is 0 Å². The molecule has 166 valence electrons. The van der Waals surface area contributed by atoms with Crippen LogP contribution >= 0.6 is 0 Å². The summed E-state index contributed by atoms with van der Waals surface area (Å²) in [6, 6.07) is -0.108. The number of carbonyl (C=O) groups excluding carboxylic acids is 2. The first-order valence-corrected chi connectivity index (χ1v) is 11.7. The Morgan fingerprint density at radius 2 is 1.76 bits per heavy atom. The third-order valence-corrected chi connectivity index (χ3v) is 6.74. The van der Waals surface area contributed by atoms with E-state index in [4.69, 9.17) is 4.74 Å². The minimum absolute atomic E-state index is 0.0224. The van der Waals surface area contributed by atoms with Gasteiger partial charge in [-0.1, -0.05) is 19.3 Å². The molecule has 1 aliphatic carbocycles. The average molecular weight is 410 g/mol. The molecule has 0 aromatic rings. The molecular formula is C22H39N3O4. The molecule has 3 aliphatic rings. The first-order chi connectivity index (χ1) is 14.2. The maximum atomic E-state index is 12.4. The van der Waals surface area contributed by atoms with Crippen LogP contribution in [0.1, 0.15) is 70.6 Å². The third-order valence-electron chi connectivity index (χ3n) is 6.74. The standard InChI is InChI=1S/C22H39N3O4/c26-16-20-19(24-22(28)17-6-2-3-7-17)9-8-18(29-20)10-12-23-21(27)11-15-25-13-4-1-5-14-25/h17-20,26H,1-16H2,(H,23,27)(H,24,28)/t18-,19-,20+/m1/s1. The van der Waals surface area contributed by atoms with Crippen molar-refractivity contribution in [1.82, 2.24) is 15.5 Å². The van der Waals surface area contributed by atoms with Gasteiger partial charge in [-0.3, -0.25) is 9.59 Å². The molecule has 0 bridgehead atoms. The second-order valence-corrected chi connectivity index (χ2v) is 8.94. The number of aliphatic hydroxyl groups is 1. The lowest BCUT2D eigenvalue weighted by Gasteiger charge is -2.36. The zero-order valence-electron chi connectivity index (χ0n) is 17.7. The Labute approximate surface area is 174 Å². The lowest BCUT2D eigenvalue weighted by molar-refractivity contribution is -0.132. The van der Waals surface area contributed by atoms with Gasteiger partial charge in [-0.05, 0) is 58.0 Å². The molecule has 0 unspecified atom stereocenters. The number of nitrogens with one attached hydrogen (secondary N) is 2. The van der Waals surface area contributed by atoms with Crippen molar-refractivity contribution >= 4 is 11.8 Å². The molecule has 3 fully saturated rings. The molecule has 1 saturated carbocycles. The summed E-state index contributed by atoms with van der Waals surface area (Å²) in [5, 5.41) is 15.8. The van der Waals surface area contributed by atoms with E-state index in [-0.39, 0.29) is 42.6 Å². The number of ether oxygens (including phenoxy) is 1. The van der Waals surface area contributed by atoms with Crippen LogP contribution in [0.15, 0.2) is 0 Å². The van der Waals surface area contributed by atoms with Gasteiger partial charge in [0.25, 0.3) is 0 Å². The molecule has 3 atom stereocenters. The molecule has 7 heteroatoms. The monoisotopic (exact) mass is 409 g/mol. The fourth-order valence-electron chi connectivity index (χ4n) is 4.90. The quantitative estimate of drug-likeness (QED) is 0.538. The lowest BCUT2D eigenvalue weighted by Crippen LogP contribution is -2.52. The van der Waals surface area contributed by atoms with E-state index in [0.29, 0.717) is 13.0 Å². The van der Waals surface area contributed by atoms with E-state index in [0.717, 1.165) is 64.6 Å². The fourth-order valence-corrected chi connectivity index (χ4v) is 4.90. The molecule has 2 aliphatic heterocycles. The van der Waals surface area contributed by atoms with Crippen LogP contribution in [0.3, 0.4) is 0 Å². The highest BCUT2D eigenvalue weighted by Gasteiger charge is 2.33. The summed E-state index contributed by atoms with van der Waals surface area (Å²) in [4.78, 5) is 26.8. The number of carbonyl (C=O) groups is 2. The van der Waals surface area contributed by atoms with Crippen molar-refractivity contribution < 1.29 is 19.4 Å². The molecule has 7 nitrogen and oxygen atoms in total. The second-order valence-electron chi connectivity index (χ2n) is 8.94. The van der Waals surface area contributed by atoms with E-state index >= 15 is 0 Å². The minimum atomic E-state index is -0.353. The van der Waals surface area contributed by atoms with Gasteiger partial charge >= 0.3 is 0 Å². The molecule has 3 N–H and O–H groups in total. The highest BCUT2D eigenvalue weighted by Crippen LogP contribution is 2.26. The van der Waals surface area contributed by atoms with Crippen LogP contribution in [0.2, 0.25) is 0 Å².